The van der Waals surface area contributed by atoms with Crippen molar-refractivity contribution >= 4 is 32.5 Å². The van der Waals surface area contributed by atoms with Gasteiger partial charge in [0.05, 0.1) is 17.6 Å². The highest BCUT2D eigenvalue weighted by Crippen LogP contribution is 2.58. The first-order valence-electron chi connectivity index (χ1n) is 10.9. The summed E-state index contributed by atoms with van der Waals surface area (Å²) in [5, 5.41) is 22.0. The summed E-state index contributed by atoms with van der Waals surface area (Å²) in [5.41, 5.74) is 4.58. The van der Waals surface area contributed by atoms with Gasteiger partial charge in [0.15, 0.2) is 6.23 Å². The fourth-order valence-corrected chi connectivity index (χ4v) is 5.26. The maximum absolute atomic E-state index is 11.8. The highest BCUT2D eigenvalue weighted by Gasteiger charge is 2.54. The van der Waals surface area contributed by atoms with E-state index in [4.69, 9.17) is 29.7 Å². The van der Waals surface area contributed by atoms with Crippen LogP contribution in [0.2, 0.25) is 0 Å². The Balaban J connectivity index is 1.95. The average Bonchev–Trinajstić information content (AvgIpc) is 3.25. The lowest BCUT2D eigenvalue weighted by atomic mass is 9.96. The largest absolute Gasteiger partial charge is 0.481 e. The second-order valence-corrected chi connectivity index (χ2v) is 10.8. The number of ether oxygens (including phenoxy) is 3. The molecule has 0 bridgehead atoms. The molecule has 0 saturated carbocycles. The van der Waals surface area contributed by atoms with Gasteiger partial charge in [0.1, 0.15) is 35.6 Å². The van der Waals surface area contributed by atoms with Crippen LogP contribution in [0.25, 0.3) is 11.0 Å². The van der Waals surface area contributed by atoms with Gasteiger partial charge in [0, 0.05) is 19.4 Å². The number of hydrogen-bond donors (Lipinski definition) is 6. The number of aliphatic hydroxyl groups excluding tert-OH is 1. The van der Waals surface area contributed by atoms with E-state index < -0.39 is 52.6 Å². The smallest absolute Gasteiger partial charge is 0.387 e. The van der Waals surface area contributed by atoms with Crippen LogP contribution in [0.3, 0.4) is 0 Å². The number of aliphatic hydroxyl groups is 2. The Kier molecular flexibility index (Phi) is 9.14. The molecular weight excluding hydrogens is 538 g/mol. The molecule has 3 heterocycles. The lowest BCUT2D eigenvalue weighted by Crippen LogP contribution is -2.44. The number of hydrogen-bond acceptors (Lipinski definition) is 12. The Morgan fingerprint density at radius 1 is 1.24 bits per heavy atom. The summed E-state index contributed by atoms with van der Waals surface area (Å²) in [6, 6.07) is 0. The standard InChI is InChI=1S/C19H28N4O12P2/c1-4-31-13(32-5-2)7-6-11-8-23(17-14(11)16(20)21-10-22-17)18-19(3,25)15(24)12(34-18)9-33-37(29,30)35-36(26,27)28/h8,10,12-13,15,18,24-25H,4-5,9H2,1-3H3,(H,29,30)(H2,20,21,22)(H2,26,27,28)/t12?,15?,18?,19-/m1/s1. The van der Waals surface area contributed by atoms with Gasteiger partial charge in [-0.3, -0.25) is 4.52 Å². The average molecular weight is 566 g/mol. The van der Waals surface area contributed by atoms with E-state index in [1.807, 2.05) is 0 Å². The van der Waals surface area contributed by atoms with Crippen LogP contribution in [0.5, 0.6) is 0 Å². The SMILES string of the molecule is CCOC(C#Cc1cn(C2OC(COP(=O)(O)OP(=O)(O)O)C(O)[C@@]2(C)O)c2ncnc(N)c12)OCC. The molecule has 206 valence electrons. The Hall–Kier alpha value is -1.96. The molecule has 4 unspecified atom stereocenters. The van der Waals surface area contributed by atoms with Crippen molar-refractivity contribution in [2.45, 2.75) is 51.1 Å². The summed E-state index contributed by atoms with van der Waals surface area (Å²) < 4.78 is 48.8. The molecule has 5 atom stereocenters. The number of aromatic nitrogens is 3. The first kappa shape index (κ1) is 29.6. The van der Waals surface area contributed by atoms with Crippen LogP contribution in [-0.2, 0) is 32.2 Å². The minimum atomic E-state index is -5.35. The third kappa shape index (κ3) is 6.92. The molecule has 0 spiro atoms. The van der Waals surface area contributed by atoms with E-state index in [0.717, 1.165) is 0 Å². The van der Waals surface area contributed by atoms with E-state index in [2.05, 4.69) is 30.6 Å². The first-order valence-corrected chi connectivity index (χ1v) is 13.9. The van der Waals surface area contributed by atoms with Gasteiger partial charge in [-0.1, -0.05) is 5.92 Å². The molecule has 1 aliphatic heterocycles. The zero-order valence-corrected chi connectivity index (χ0v) is 21.8. The van der Waals surface area contributed by atoms with Crippen molar-refractivity contribution in [2.24, 2.45) is 0 Å². The van der Waals surface area contributed by atoms with E-state index >= 15 is 0 Å². The van der Waals surface area contributed by atoms with Crippen molar-refractivity contribution in [1.29, 1.82) is 0 Å². The number of nitrogens with two attached hydrogens (primary N) is 1. The number of rotatable bonds is 10. The highest BCUT2D eigenvalue weighted by atomic mass is 31.3. The normalized spacial score (nSPS) is 25.8. The van der Waals surface area contributed by atoms with Crippen LogP contribution in [0, 0.1) is 11.8 Å². The number of phosphoric ester groups is 1. The summed E-state index contributed by atoms with van der Waals surface area (Å²) in [7, 11) is -10.6. The molecule has 0 aromatic carbocycles. The van der Waals surface area contributed by atoms with Crippen LogP contribution in [0.15, 0.2) is 12.5 Å². The maximum Gasteiger partial charge on any atom is 0.481 e. The number of nitrogen functional groups attached to an aromatic ring is 1. The number of nitrogens with zero attached hydrogens (tertiary/aromatic N) is 3. The molecule has 1 fully saturated rings. The van der Waals surface area contributed by atoms with E-state index in [1.54, 1.807) is 13.8 Å². The summed E-state index contributed by atoms with van der Waals surface area (Å²) >= 11 is 0. The van der Waals surface area contributed by atoms with Crippen molar-refractivity contribution < 1.29 is 57.1 Å². The Morgan fingerprint density at radius 2 is 1.89 bits per heavy atom. The zero-order chi connectivity index (χ0) is 27.6. The molecule has 37 heavy (non-hydrogen) atoms. The quantitative estimate of drug-likeness (QED) is 0.126. The molecule has 2 aromatic heterocycles. The third-order valence-corrected chi connectivity index (χ3v) is 7.37. The van der Waals surface area contributed by atoms with Crippen molar-refractivity contribution in [3.8, 4) is 11.8 Å². The molecule has 0 amide bonds. The first-order chi connectivity index (χ1) is 17.2. The predicted octanol–water partition coefficient (Wildman–Crippen LogP) is -0.000300. The molecule has 18 heteroatoms. The van der Waals surface area contributed by atoms with E-state index in [0.29, 0.717) is 24.2 Å². The molecule has 0 aliphatic carbocycles. The molecule has 1 aliphatic rings. The molecule has 2 aromatic rings. The maximum atomic E-state index is 11.8. The Bertz CT molecular complexity index is 1260. The van der Waals surface area contributed by atoms with Crippen molar-refractivity contribution in [1.82, 2.24) is 14.5 Å². The fraction of sp³-hybridized carbons (Fsp3) is 0.579. The van der Waals surface area contributed by atoms with E-state index in [9.17, 15) is 24.2 Å². The zero-order valence-electron chi connectivity index (χ0n) is 20.0. The van der Waals surface area contributed by atoms with Gasteiger partial charge >= 0.3 is 15.6 Å². The Morgan fingerprint density at radius 3 is 2.49 bits per heavy atom. The second kappa shape index (κ2) is 11.4. The fourth-order valence-electron chi connectivity index (χ4n) is 3.66. The van der Waals surface area contributed by atoms with Crippen molar-refractivity contribution in [3.63, 3.8) is 0 Å². The van der Waals surface area contributed by atoms with Crippen LogP contribution in [0.1, 0.15) is 32.6 Å². The van der Waals surface area contributed by atoms with Gasteiger partial charge in [0.2, 0.25) is 6.29 Å². The third-order valence-electron chi connectivity index (χ3n) is 5.22. The monoisotopic (exact) mass is 566 g/mol. The minimum absolute atomic E-state index is 0.0753. The van der Waals surface area contributed by atoms with E-state index in [1.165, 1.54) is 24.0 Å². The van der Waals surface area contributed by atoms with Gasteiger partial charge in [-0.05, 0) is 26.7 Å². The highest BCUT2D eigenvalue weighted by molar-refractivity contribution is 7.60. The lowest BCUT2D eigenvalue weighted by molar-refractivity contribution is -0.0970. The number of anilines is 1. The molecular formula is C19H28N4O12P2. The van der Waals surface area contributed by atoms with Gasteiger partial charge in [-0.2, -0.15) is 4.31 Å². The van der Waals surface area contributed by atoms with Gasteiger partial charge in [-0.15, -0.1) is 0 Å². The molecule has 16 nitrogen and oxygen atoms in total. The molecule has 1 saturated heterocycles. The molecule has 0 radical (unpaired) electrons. The minimum Gasteiger partial charge on any atom is -0.387 e. The number of phosphoric acid groups is 2. The van der Waals surface area contributed by atoms with Crippen LogP contribution in [0.4, 0.5) is 5.82 Å². The van der Waals surface area contributed by atoms with Crippen molar-refractivity contribution in [3.05, 3.63) is 18.1 Å². The van der Waals surface area contributed by atoms with Crippen molar-refractivity contribution in [2.75, 3.05) is 25.6 Å². The van der Waals surface area contributed by atoms with E-state index in [-0.39, 0.29) is 11.5 Å². The van der Waals surface area contributed by atoms with Gasteiger partial charge in [-0.25, -0.2) is 19.1 Å². The Labute approximate surface area is 211 Å². The van der Waals surface area contributed by atoms with Gasteiger partial charge < -0.3 is 49.4 Å². The summed E-state index contributed by atoms with van der Waals surface area (Å²) in [6.45, 7) is 4.65. The van der Waals surface area contributed by atoms with Gasteiger partial charge in [0.25, 0.3) is 0 Å². The lowest BCUT2D eigenvalue weighted by Gasteiger charge is -2.27. The van der Waals surface area contributed by atoms with Crippen LogP contribution in [-0.4, -0.2) is 83.3 Å². The summed E-state index contributed by atoms with van der Waals surface area (Å²) in [4.78, 5) is 35.2. The predicted molar refractivity (Wildman–Crippen MR) is 125 cm³/mol. The van der Waals surface area contributed by atoms with Crippen LogP contribution < -0.4 is 5.73 Å². The van der Waals surface area contributed by atoms with Crippen LogP contribution >= 0.6 is 15.6 Å². The molecule has 3 rings (SSSR count). The summed E-state index contributed by atoms with van der Waals surface area (Å²) in [6.07, 6.45) is -2.62. The number of fused-ring (bicyclic) bond motifs is 1. The summed E-state index contributed by atoms with van der Waals surface area (Å²) in [5.74, 6) is 5.80. The topological polar surface area (TPSA) is 238 Å². The molecule has 7 N–H and O–H groups in total. The second-order valence-electron chi connectivity index (χ2n) is 7.95.